The van der Waals surface area contributed by atoms with Crippen LogP contribution in [-0.2, 0) is 16.0 Å². The van der Waals surface area contributed by atoms with Crippen molar-refractivity contribution >= 4 is 17.2 Å². The van der Waals surface area contributed by atoms with Crippen LogP contribution in [-0.4, -0.2) is 72.4 Å². The van der Waals surface area contributed by atoms with Gasteiger partial charge in [0.2, 0.25) is 5.91 Å². The van der Waals surface area contributed by atoms with Gasteiger partial charge in [0.1, 0.15) is 12.4 Å². The molecule has 2 atom stereocenters. The number of ether oxygens (including phenoxy) is 2. The maximum Gasteiger partial charge on any atom is 0.237 e. The topological polar surface area (TPSA) is 62.2 Å². The second kappa shape index (κ2) is 12.3. The first-order valence-electron chi connectivity index (χ1n) is 11.6. The fourth-order valence-electron chi connectivity index (χ4n) is 4.08. The van der Waals surface area contributed by atoms with Crippen molar-refractivity contribution in [3.8, 4) is 5.75 Å². The Morgan fingerprint density at radius 3 is 2.94 bits per heavy atom. The van der Waals surface area contributed by atoms with Gasteiger partial charge < -0.3 is 19.5 Å². The number of amides is 1. The number of aliphatic hydroxyl groups excluding tert-OH is 1. The highest BCUT2D eigenvalue weighted by atomic mass is 32.1. The highest BCUT2D eigenvalue weighted by molar-refractivity contribution is 7.10. The summed E-state index contributed by atoms with van der Waals surface area (Å²) in [5, 5.41) is 12.5. The second-order valence-corrected chi connectivity index (χ2v) is 9.80. The number of fused-ring (bicyclic) bond motifs is 1. The molecule has 1 aromatic carbocycles. The molecule has 3 rings (SSSR count). The summed E-state index contributed by atoms with van der Waals surface area (Å²) in [6.45, 7) is 12.1. The Labute approximate surface area is 201 Å². The Bertz CT molecular complexity index is 913. The minimum Gasteiger partial charge on any atom is -0.491 e. The van der Waals surface area contributed by atoms with E-state index in [9.17, 15) is 9.90 Å². The van der Waals surface area contributed by atoms with Crippen LogP contribution in [0.4, 0.5) is 0 Å². The molecule has 0 unspecified atom stereocenters. The zero-order chi connectivity index (χ0) is 23.8. The monoisotopic (exact) mass is 472 g/mol. The number of aliphatic hydroxyl groups is 1. The third-order valence-corrected chi connectivity index (χ3v) is 6.65. The van der Waals surface area contributed by atoms with Crippen LogP contribution in [0, 0.1) is 6.92 Å². The minimum absolute atomic E-state index is 0.0310. The van der Waals surface area contributed by atoms with E-state index in [4.69, 9.17) is 9.47 Å². The molecule has 180 valence electrons. The van der Waals surface area contributed by atoms with Gasteiger partial charge in [-0.1, -0.05) is 18.2 Å². The van der Waals surface area contributed by atoms with Crippen LogP contribution in [0.1, 0.15) is 35.9 Å². The van der Waals surface area contributed by atoms with E-state index in [1.54, 1.807) is 17.4 Å². The van der Waals surface area contributed by atoms with Crippen molar-refractivity contribution in [1.82, 2.24) is 9.80 Å². The number of nitrogens with zero attached hydrogens (tertiary/aromatic N) is 2. The molecule has 1 aliphatic rings. The normalized spacial score (nSPS) is 16.7. The lowest BCUT2D eigenvalue weighted by atomic mass is 10.0. The molecule has 0 saturated heterocycles. The van der Waals surface area contributed by atoms with Crippen LogP contribution in [0.15, 0.2) is 48.4 Å². The molecule has 0 spiro atoms. The van der Waals surface area contributed by atoms with Crippen molar-refractivity contribution in [1.29, 1.82) is 0 Å². The largest absolute Gasteiger partial charge is 0.491 e. The third kappa shape index (κ3) is 7.40. The third-order valence-electron chi connectivity index (χ3n) is 5.65. The van der Waals surface area contributed by atoms with Crippen LogP contribution in [0.5, 0.6) is 5.75 Å². The molecule has 1 aromatic heterocycles. The highest BCUT2D eigenvalue weighted by Gasteiger charge is 2.33. The molecule has 7 heteroatoms. The van der Waals surface area contributed by atoms with E-state index >= 15 is 0 Å². The Morgan fingerprint density at radius 2 is 2.21 bits per heavy atom. The molecule has 0 bridgehead atoms. The molecule has 0 saturated carbocycles. The van der Waals surface area contributed by atoms with Crippen LogP contribution >= 0.6 is 11.3 Å². The van der Waals surface area contributed by atoms with Gasteiger partial charge in [-0.2, -0.15) is 0 Å². The summed E-state index contributed by atoms with van der Waals surface area (Å²) in [4.78, 5) is 18.6. The van der Waals surface area contributed by atoms with Gasteiger partial charge in [-0.25, -0.2) is 0 Å². The number of carbonyl (C=O) groups excluding carboxylic acids is 1. The van der Waals surface area contributed by atoms with E-state index < -0.39 is 6.10 Å². The van der Waals surface area contributed by atoms with Crippen molar-refractivity contribution in [3.63, 3.8) is 0 Å². The maximum absolute atomic E-state index is 13.4. The molecule has 1 N–H and O–H groups in total. The summed E-state index contributed by atoms with van der Waals surface area (Å²) in [5.74, 6) is 0.842. The number of carbonyl (C=O) groups is 1. The second-order valence-electron chi connectivity index (χ2n) is 8.80. The summed E-state index contributed by atoms with van der Waals surface area (Å²) < 4.78 is 11.6. The Morgan fingerprint density at radius 1 is 1.39 bits per heavy atom. The predicted molar refractivity (Wildman–Crippen MR) is 133 cm³/mol. The lowest BCUT2D eigenvalue weighted by molar-refractivity contribution is -0.136. The minimum atomic E-state index is -0.662. The summed E-state index contributed by atoms with van der Waals surface area (Å²) in [5.41, 5.74) is 2.31. The van der Waals surface area contributed by atoms with Crippen molar-refractivity contribution in [2.45, 2.75) is 45.4 Å². The fraction of sp³-hybridized carbons (Fsp3) is 0.500. The number of hydrogen-bond donors (Lipinski definition) is 1. The van der Waals surface area contributed by atoms with E-state index in [-0.39, 0.29) is 31.2 Å². The standard InChI is InChI=1S/C26H36N2O4S/c1-5-11-27(15-21(29)17-31-19(2)3)16-26(30)28-12-9-25-23(10-13-33-25)24(28)18-32-22-8-6-7-20(4)14-22/h5-8,10,13-14,19,21,24,29H,1,9,11-12,15-18H2,2-4H3/t21-,24+/m0/s1. The summed E-state index contributed by atoms with van der Waals surface area (Å²) in [6, 6.07) is 9.95. The van der Waals surface area contributed by atoms with Crippen LogP contribution in [0.25, 0.3) is 0 Å². The van der Waals surface area contributed by atoms with Gasteiger partial charge >= 0.3 is 0 Å². The quantitative estimate of drug-likeness (QED) is 0.476. The molecule has 6 nitrogen and oxygen atoms in total. The Balaban J connectivity index is 1.68. The molecule has 1 amide bonds. The number of hydrogen-bond acceptors (Lipinski definition) is 6. The molecular weight excluding hydrogens is 436 g/mol. The van der Waals surface area contributed by atoms with Crippen molar-refractivity contribution in [2.24, 2.45) is 0 Å². The van der Waals surface area contributed by atoms with Gasteiger partial charge in [0.05, 0.1) is 31.4 Å². The molecule has 0 radical (unpaired) electrons. The molecular formula is C26H36N2O4S. The van der Waals surface area contributed by atoms with Crippen molar-refractivity contribution in [2.75, 3.05) is 39.4 Å². The molecule has 0 aliphatic carbocycles. The highest BCUT2D eigenvalue weighted by Crippen LogP contribution is 2.34. The number of rotatable bonds is 12. The van der Waals surface area contributed by atoms with E-state index in [0.717, 1.165) is 17.7 Å². The van der Waals surface area contributed by atoms with Gasteiger partial charge in [-0.05, 0) is 61.9 Å². The smallest absolute Gasteiger partial charge is 0.237 e. The first kappa shape index (κ1) is 25.4. The van der Waals surface area contributed by atoms with Gasteiger partial charge in [-0.3, -0.25) is 9.69 Å². The first-order chi connectivity index (χ1) is 15.9. The average molecular weight is 473 g/mol. The molecule has 1 aliphatic heterocycles. The maximum atomic E-state index is 13.4. The lowest BCUT2D eigenvalue weighted by Gasteiger charge is -2.37. The molecule has 2 aromatic rings. The zero-order valence-electron chi connectivity index (χ0n) is 19.9. The van der Waals surface area contributed by atoms with E-state index in [1.165, 1.54) is 10.4 Å². The van der Waals surface area contributed by atoms with Gasteiger partial charge in [0, 0.05) is 24.5 Å². The SMILES string of the molecule is C=CCN(CC(=O)N1CCc2sccc2[C@H]1COc1cccc(C)c1)C[C@H](O)COC(C)C. The van der Waals surface area contributed by atoms with Gasteiger partial charge in [0.25, 0.3) is 0 Å². The van der Waals surface area contributed by atoms with E-state index in [2.05, 4.69) is 18.0 Å². The first-order valence-corrected chi connectivity index (χ1v) is 12.4. The zero-order valence-corrected chi connectivity index (χ0v) is 20.7. The van der Waals surface area contributed by atoms with E-state index in [1.807, 2.05) is 54.8 Å². The fourth-order valence-corrected chi connectivity index (χ4v) is 5.01. The summed E-state index contributed by atoms with van der Waals surface area (Å²) >= 11 is 1.74. The number of aryl methyl sites for hydroxylation is 1. The van der Waals surface area contributed by atoms with Crippen molar-refractivity contribution in [3.05, 3.63) is 64.4 Å². The van der Waals surface area contributed by atoms with Crippen molar-refractivity contribution < 1.29 is 19.4 Å². The van der Waals surface area contributed by atoms with E-state index in [0.29, 0.717) is 26.2 Å². The number of thiophene rings is 1. The number of benzene rings is 1. The predicted octanol–water partition coefficient (Wildman–Crippen LogP) is 3.84. The summed E-state index contributed by atoms with van der Waals surface area (Å²) in [7, 11) is 0. The Hall–Kier alpha value is -2.19. The lowest BCUT2D eigenvalue weighted by Crippen LogP contribution is -2.48. The summed E-state index contributed by atoms with van der Waals surface area (Å²) in [6.07, 6.45) is 2.00. The van der Waals surface area contributed by atoms with Gasteiger partial charge in [0.15, 0.2) is 0 Å². The Kier molecular flexibility index (Phi) is 9.50. The van der Waals surface area contributed by atoms with Crippen LogP contribution in [0.3, 0.4) is 0 Å². The molecule has 33 heavy (non-hydrogen) atoms. The van der Waals surface area contributed by atoms with Crippen LogP contribution in [0.2, 0.25) is 0 Å². The average Bonchev–Trinajstić information content (AvgIpc) is 3.25. The molecule has 0 fully saturated rings. The van der Waals surface area contributed by atoms with Crippen LogP contribution < -0.4 is 4.74 Å². The molecule has 2 heterocycles. The van der Waals surface area contributed by atoms with Gasteiger partial charge in [-0.15, -0.1) is 17.9 Å².